The summed E-state index contributed by atoms with van der Waals surface area (Å²) in [6, 6.07) is 8.39. The molecule has 1 fully saturated rings. The molecule has 1 saturated carbocycles. The van der Waals surface area contributed by atoms with Crippen LogP contribution in [0.2, 0.25) is 0 Å². The van der Waals surface area contributed by atoms with E-state index in [2.05, 4.69) is 12.2 Å². The molecule has 1 aliphatic carbocycles. The van der Waals surface area contributed by atoms with Crippen molar-refractivity contribution in [3.63, 3.8) is 0 Å². The van der Waals surface area contributed by atoms with E-state index in [0.717, 1.165) is 23.5 Å². The molecule has 2 atom stereocenters. The Morgan fingerprint density at radius 2 is 2.09 bits per heavy atom. The van der Waals surface area contributed by atoms with Crippen LogP contribution < -0.4 is 10.1 Å². The number of carbonyl (C=O) groups excluding carboxylic acids is 1. The van der Waals surface area contributed by atoms with Gasteiger partial charge < -0.3 is 10.1 Å². The molecule has 2 unspecified atom stereocenters. The SMILES string of the molecule is Cc1ccccc1OCCSCC(=O)NC1CCCCC1C. The van der Waals surface area contributed by atoms with E-state index in [4.69, 9.17) is 4.74 Å². The molecule has 1 aromatic rings. The second kappa shape index (κ2) is 9.09. The summed E-state index contributed by atoms with van der Waals surface area (Å²) in [5.41, 5.74) is 1.15. The van der Waals surface area contributed by atoms with Gasteiger partial charge >= 0.3 is 0 Å². The molecule has 0 aromatic heterocycles. The van der Waals surface area contributed by atoms with Gasteiger partial charge in [-0.05, 0) is 37.3 Å². The summed E-state index contributed by atoms with van der Waals surface area (Å²) >= 11 is 1.64. The molecule has 1 aliphatic rings. The van der Waals surface area contributed by atoms with E-state index in [0.29, 0.717) is 24.3 Å². The molecule has 3 nitrogen and oxygen atoms in total. The number of thioether (sulfide) groups is 1. The van der Waals surface area contributed by atoms with Crippen molar-refractivity contribution >= 4 is 17.7 Å². The predicted octanol–water partition coefficient (Wildman–Crippen LogP) is 3.80. The van der Waals surface area contributed by atoms with Gasteiger partial charge in [0.25, 0.3) is 0 Å². The average Bonchev–Trinajstić information content (AvgIpc) is 2.51. The van der Waals surface area contributed by atoms with Gasteiger partial charge in [0.1, 0.15) is 5.75 Å². The third kappa shape index (κ3) is 5.56. The Morgan fingerprint density at radius 3 is 2.86 bits per heavy atom. The minimum atomic E-state index is 0.166. The van der Waals surface area contributed by atoms with E-state index in [9.17, 15) is 4.79 Å². The molecule has 22 heavy (non-hydrogen) atoms. The maximum absolute atomic E-state index is 12.0. The number of rotatable bonds is 7. The van der Waals surface area contributed by atoms with Gasteiger partial charge in [0.2, 0.25) is 5.91 Å². The molecular weight excluding hydrogens is 294 g/mol. The molecule has 0 heterocycles. The van der Waals surface area contributed by atoms with Crippen LogP contribution in [0, 0.1) is 12.8 Å². The van der Waals surface area contributed by atoms with Crippen molar-refractivity contribution in [2.45, 2.75) is 45.6 Å². The second-order valence-corrected chi connectivity index (χ2v) is 7.21. The number of para-hydroxylation sites is 1. The topological polar surface area (TPSA) is 38.3 Å². The third-order valence-electron chi connectivity index (χ3n) is 4.27. The average molecular weight is 321 g/mol. The summed E-state index contributed by atoms with van der Waals surface area (Å²) in [5, 5.41) is 3.19. The Morgan fingerprint density at radius 1 is 1.32 bits per heavy atom. The third-order valence-corrected chi connectivity index (χ3v) is 5.19. The number of ether oxygens (including phenoxy) is 1. The van der Waals surface area contributed by atoms with E-state index >= 15 is 0 Å². The van der Waals surface area contributed by atoms with Crippen molar-refractivity contribution in [3.8, 4) is 5.75 Å². The highest BCUT2D eigenvalue weighted by Crippen LogP contribution is 2.23. The number of hydrogen-bond acceptors (Lipinski definition) is 3. The first-order chi connectivity index (χ1) is 10.7. The largest absolute Gasteiger partial charge is 0.492 e. The molecule has 4 heteroatoms. The fourth-order valence-corrected chi connectivity index (χ4v) is 3.49. The van der Waals surface area contributed by atoms with Crippen molar-refractivity contribution in [2.24, 2.45) is 5.92 Å². The van der Waals surface area contributed by atoms with Crippen molar-refractivity contribution in [2.75, 3.05) is 18.1 Å². The van der Waals surface area contributed by atoms with E-state index in [1.54, 1.807) is 11.8 Å². The zero-order valence-corrected chi connectivity index (χ0v) is 14.5. The Kier molecular flexibility index (Phi) is 7.10. The van der Waals surface area contributed by atoms with Gasteiger partial charge in [-0.1, -0.05) is 38.0 Å². The molecule has 0 saturated heterocycles. The van der Waals surface area contributed by atoms with Crippen molar-refractivity contribution < 1.29 is 9.53 Å². The van der Waals surface area contributed by atoms with Crippen LogP contribution in [0.25, 0.3) is 0 Å². The predicted molar refractivity (Wildman–Crippen MR) is 93.6 cm³/mol. The van der Waals surface area contributed by atoms with Gasteiger partial charge in [0.05, 0.1) is 12.4 Å². The number of carbonyl (C=O) groups is 1. The fraction of sp³-hybridized carbons (Fsp3) is 0.611. The van der Waals surface area contributed by atoms with Crippen LogP contribution in [0.3, 0.4) is 0 Å². The Hall–Kier alpha value is -1.16. The van der Waals surface area contributed by atoms with Crippen LogP contribution in [-0.4, -0.2) is 30.1 Å². The summed E-state index contributed by atoms with van der Waals surface area (Å²) < 4.78 is 5.73. The van der Waals surface area contributed by atoms with Crippen LogP contribution in [0.1, 0.15) is 38.2 Å². The van der Waals surface area contributed by atoms with Gasteiger partial charge in [0, 0.05) is 11.8 Å². The lowest BCUT2D eigenvalue weighted by molar-refractivity contribution is -0.119. The normalized spacial score (nSPS) is 21.4. The smallest absolute Gasteiger partial charge is 0.230 e. The molecule has 122 valence electrons. The van der Waals surface area contributed by atoms with Gasteiger partial charge in [0.15, 0.2) is 0 Å². The summed E-state index contributed by atoms with van der Waals surface area (Å²) in [6.07, 6.45) is 4.92. The number of benzene rings is 1. The van der Waals surface area contributed by atoms with Crippen molar-refractivity contribution in [1.82, 2.24) is 5.32 Å². The summed E-state index contributed by atoms with van der Waals surface area (Å²) in [5.74, 6) is 3.08. The van der Waals surface area contributed by atoms with Crippen molar-refractivity contribution in [3.05, 3.63) is 29.8 Å². The molecule has 0 radical (unpaired) electrons. The lowest BCUT2D eigenvalue weighted by Crippen LogP contribution is -2.41. The van der Waals surface area contributed by atoms with Gasteiger partial charge in [-0.15, -0.1) is 11.8 Å². The van der Waals surface area contributed by atoms with Crippen LogP contribution in [-0.2, 0) is 4.79 Å². The monoisotopic (exact) mass is 321 g/mol. The van der Waals surface area contributed by atoms with E-state index in [1.165, 1.54) is 19.3 Å². The maximum Gasteiger partial charge on any atom is 0.230 e. The quantitative estimate of drug-likeness (QED) is 0.776. The molecule has 1 N–H and O–H groups in total. The Bertz CT molecular complexity index is 478. The van der Waals surface area contributed by atoms with Crippen LogP contribution >= 0.6 is 11.8 Å². The van der Waals surface area contributed by atoms with Gasteiger partial charge in [-0.2, -0.15) is 0 Å². The number of amides is 1. The van der Waals surface area contributed by atoms with Gasteiger partial charge in [-0.25, -0.2) is 0 Å². The summed E-state index contributed by atoms with van der Waals surface area (Å²) in [4.78, 5) is 12.0. The fourth-order valence-electron chi connectivity index (χ4n) is 2.87. The number of hydrogen-bond donors (Lipinski definition) is 1. The molecule has 0 bridgehead atoms. The number of aryl methyl sites for hydroxylation is 1. The minimum absolute atomic E-state index is 0.166. The Balaban J connectivity index is 1.58. The van der Waals surface area contributed by atoms with Crippen LogP contribution in [0.4, 0.5) is 0 Å². The maximum atomic E-state index is 12.0. The van der Waals surface area contributed by atoms with Crippen molar-refractivity contribution in [1.29, 1.82) is 0 Å². The Labute approximate surface area is 138 Å². The van der Waals surface area contributed by atoms with E-state index in [1.807, 2.05) is 31.2 Å². The summed E-state index contributed by atoms with van der Waals surface area (Å²) in [7, 11) is 0. The lowest BCUT2D eigenvalue weighted by atomic mass is 9.86. The number of nitrogens with one attached hydrogen (secondary N) is 1. The zero-order chi connectivity index (χ0) is 15.8. The highest BCUT2D eigenvalue weighted by atomic mass is 32.2. The van der Waals surface area contributed by atoms with Gasteiger partial charge in [-0.3, -0.25) is 4.79 Å². The highest BCUT2D eigenvalue weighted by Gasteiger charge is 2.22. The lowest BCUT2D eigenvalue weighted by Gasteiger charge is -2.29. The molecule has 0 aliphatic heterocycles. The molecule has 2 rings (SSSR count). The summed E-state index contributed by atoms with van der Waals surface area (Å²) in [6.45, 7) is 4.93. The van der Waals surface area contributed by atoms with E-state index in [-0.39, 0.29) is 5.91 Å². The first-order valence-corrected chi connectivity index (χ1v) is 9.38. The molecule has 0 spiro atoms. The first-order valence-electron chi connectivity index (χ1n) is 8.22. The molecular formula is C18H27NO2S. The second-order valence-electron chi connectivity index (χ2n) is 6.10. The molecule has 1 amide bonds. The van der Waals surface area contributed by atoms with Crippen LogP contribution in [0.5, 0.6) is 5.75 Å². The van der Waals surface area contributed by atoms with E-state index < -0.39 is 0 Å². The minimum Gasteiger partial charge on any atom is -0.492 e. The standard InChI is InChI=1S/C18H27NO2S/c1-14-7-3-5-9-16(14)19-18(20)13-22-12-11-21-17-10-6-4-8-15(17)2/h4,6,8,10,14,16H,3,5,7,9,11-13H2,1-2H3,(H,19,20). The van der Waals surface area contributed by atoms with Crippen LogP contribution in [0.15, 0.2) is 24.3 Å². The first kappa shape index (κ1) is 17.2. The zero-order valence-electron chi connectivity index (χ0n) is 13.6. The molecule has 1 aromatic carbocycles. The highest BCUT2D eigenvalue weighted by molar-refractivity contribution is 7.99.